The smallest absolute Gasteiger partial charge is 0.220 e. The van der Waals surface area contributed by atoms with E-state index in [0.29, 0.717) is 19.4 Å². The number of pyridine rings is 1. The van der Waals surface area contributed by atoms with Gasteiger partial charge in [0.05, 0.1) is 18.0 Å². The van der Waals surface area contributed by atoms with E-state index < -0.39 is 0 Å². The van der Waals surface area contributed by atoms with Gasteiger partial charge in [-0.1, -0.05) is 6.07 Å². The van der Waals surface area contributed by atoms with Gasteiger partial charge in [0.25, 0.3) is 0 Å². The lowest BCUT2D eigenvalue weighted by Crippen LogP contribution is -2.25. The van der Waals surface area contributed by atoms with Gasteiger partial charge in [-0.3, -0.25) is 4.79 Å². The molecule has 1 amide bonds. The quantitative estimate of drug-likeness (QED) is 0.682. The number of imidazole rings is 1. The zero-order valence-electron chi connectivity index (χ0n) is 12.4. The number of rotatable bonds is 7. The summed E-state index contributed by atoms with van der Waals surface area (Å²) >= 11 is 0. The fourth-order valence-corrected chi connectivity index (χ4v) is 2.44. The summed E-state index contributed by atoms with van der Waals surface area (Å²) in [5.41, 5.74) is 1.10. The number of hydrogen-bond donors (Lipinski definition) is 1. The van der Waals surface area contributed by atoms with Crippen LogP contribution in [0.15, 0.2) is 53.4 Å². The molecule has 3 heterocycles. The Bertz CT molecular complexity index is 731. The minimum atomic E-state index is 0.0596. The maximum absolute atomic E-state index is 11.7. The van der Waals surface area contributed by atoms with Crippen LogP contribution >= 0.6 is 0 Å². The summed E-state index contributed by atoms with van der Waals surface area (Å²) < 4.78 is 7.29. The van der Waals surface area contributed by atoms with Crippen molar-refractivity contribution in [1.29, 1.82) is 0 Å². The van der Waals surface area contributed by atoms with Crippen LogP contribution in [0, 0.1) is 0 Å². The Hall–Kier alpha value is -2.56. The normalized spacial score (nSPS) is 10.9. The summed E-state index contributed by atoms with van der Waals surface area (Å²) in [6, 6.07) is 9.75. The molecule has 5 nitrogen and oxygen atoms in total. The van der Waals surface area contributed by atoms with Crippen LogP contribution in [0.4, 0.5) is 0 Å². The van der Waals surface area contributed by atoms with E-state index in [4.69, 9.17) is 4.42 Å². The largest absolute Gasteiger partial charge is 0.469 e. The number of fused-ring (bicyclic) bond motifs is 1. The number of hydrogen-bond acceptors (Lipinski definition) is 3. The number of amides is 1. The number of nitrogens with zero attached hydrogens (tertiary/aromatic N) is 2. The molecule has 0 fully saturated rings. The third-order valence-corrected chi connectivity index (χ3v) is 3.59. The number of aromatic nitrogens is 2. The molecule has 0 aliphatic rings. The van der Waals surface area contributed by atoms with Crippen molar-refractivity contribution in [3.63, 3.8) is 0 Å². The highest BCUT2D eigenvalue weighted by Crippen LogP contribution is 2.08. The van der Waals surface area contributed by atoms with Crippen LogP contribution in [-0.4, -0.2) is 21.8 Å². The van der Waals surface area contributed by atoms with Crippen LogP contribution in [0.5, 0.6) is 0 Å². The van der Waals surface area contributed by atoms with Gasteiger partial charge in [-0.25, -0.2) is 4.98 Å². The predicted molar refractivity (Wildman–Crippen MR) is 83.6 cm³/mol. The van der Waals surface area contributed by atoms with Gasteiger partial charge in [-0.2, -0.15) is 0 Å². The third-order valence-electron chi connectivity index (χ3n) is 3.59. The molecule has 0 aromatic carbocycles. The summed E-state index contributed by atoms with van der Waals surface area (Å²) in [5, 5.41) is 2.94. The molecule has 0 bridgehead atoms. The second kappa shape index (κ2) is 6.93. The zero-order valence-corrected chi connectivity index (χ0v) is 12.4. The summed E-state index contributed by atoms with van der Waals surface area (Å²) in [4.78, 5) is 16.2. The molecule has 5 heteroatoms. The maximum atomic E-state index is 11.7. The first-order valence-electron chi connectivity index (χ1n) is 7.53. The third kappa shape index (κ3) is 3.55. The molecule has 1 N–H and O–H groups in total. The van der Waals surface area contributed by atoms with Crippen LogP contribution in [-0.2, 0) is 17.6 Å². The standard InChI is InChI=1S/C17H19N3O2/c21-17(9-8-15-6-4-12-22-15)18-10-3-7-16-19-13-14-5-1-2-11-20(14)16/h1-2,4-6,11-13H,3,7-10H2,(H,18,21). The monoisotopic (exact) mass is 297 g/mol. The average Bonchev–Trinajstić information content (AvgIpc) is 3.19. The second-order valence-electron chi connectivity index (χ2n) is 5.20. The van der Waals surface area contributed by atoms with Crippen LogP contribution in [0.2, 0.25) is 0 Å². The fraction of sp³-hybridized carbons (Fsp3) is 0.294. The number of carbonyl (C=O) groups is 1. The van der Waals surface area contributed by atoms with E-state index in [0.717, 1.165) is 29.9 Å². The van der Waals surface area contributed by atoms with E-state index in [9.17, 15) is 4.79 Å². The molecule has 0 aliphatic heterocycles. The Labute approximate surface area is 129 Å². The maximum Gasteiger partial charge on any atom is 0.220 e. The van der Waals surface area contributed by atoms with Gasteiger partial charge in [-0.15, -0.1) is 0 Å². The summed E-state index contributed by atoms with van der Waals surface area (Å²) in [7, 11) is 0. The first-order valence-corrected chi connectivity index (χ1v) is 7.53. The molecule has 0 unspecified atom stereocenters. The van der Waals surface area contributed by atoms with Gasteiger partial charge in [0.15, 0.2) is 0 Å². The molecule has 3 aromatic rings. The van der Waals surface area contributed by atoms with Gasteiger partial charge in [0, 0.05) is 32.0 Å². The first-order chi connectivity index (χ1) is 10.8. The Morgan fingerprint density at radius 2 is 2.18 bits per heavy atom. The van der Waals surface area contributed by atoms with E-state index in [1.54, 1.807) is 6.26 Å². The summed E-state index contributed by atoms with van der Waals surface area (Å²) in [6.45, 7) is 0.665. The highest BCUT2D eigenvalue weighted by Gasteiger charge is 2.05. The van der Waals surface area contributed by atoms with Crippen LogP contribution in [0.1, 0.15) is 24.4 Å². The average molecular weight is 297 g/mol. The van der Waals surface area contributed by atoms with Gasteiger partial charge in [0.1, 0.15) is 11.6 Å². The van der Waals surface area contributed by atoms with Crippen molar-refractivity contribution in [1.82, 2.24) is 14.7 Å². The molecule has 0 aliphatic carbocycles. The minimum absolute atomic E-state index is 0.0596. The number of nitrogens with one attached hydrogen (secondary N) is 1. The van der Waals surface area contributed by atoms with Crippen molar-refractivity contribution in [2.75, 3.05) is 6.54 Å². The lowest BCUT2D eigenvalue weighted by molar-refractivity contribution is -0.121. The number of aryl methyl sites for hydroxylation is 2. The van der Waals surface area contributed by atoms with E-state index in [-0.39, 0.29) is 5.91 Å². The zero-order chi connectivity index (χ0) is 15.2. The molecule has 0 radical (unpaired) electrons. The van der Waals surface area contributed by atoms with E-state index in [1.807, 2.05) is 42.7 Å². The van der Waals surface area contributed by atoms with Crippen molar-refractivity contribution in [3.05, 3.63) is 60.6 Å². The Kier molecular flexibility index (Phi) is 4.53. The molecule has 3 aromatic heterocycles. The van der Waals surface area contributed by atoms with Crippen molar-refractivity contribution in [3.8, 4) is 0 Å². The molecule has 3 rings (SSSR count). The molecule has 0 spiro atoms. The van der Waals surface area contributed by atoms with Crippen LogP contribution in [0.25, 0.3) is 5.52 Å². The molecule has 114 valence electrons. The number of furan rings is 1. The molecule has 0 atom stereocenters. The fourth-order valence-electron chi connectivity index (χ4n) is 2.44. The molecule has 0 saturated carbocycles. The van der Waals surface area contributed by atoms with Gasteiger partial charge in [-0.05, 0) is 30.7 Å². The van der Waals surface area contributed by atoms with Gasteiger partial charge in [0.2, 0.25) is 5.91 Å². The lowest BCUT2D eigenvalue weighted by Gasteiger charge is -2.04. The van der Waals surface area contributed by atoms with Crippen molar-refractivity contribution >= 4 is 11.4 Å². The Morgan fingerprint density at radius 1 is 1.23 bits per heavy atom. The van der Waals surface area contributed by atoms with E-state index >= 15 is 0 Å². The Balaban J connectivity index is 1.39. The van der Waals surface area contributed by atoms with Crippen molar-refractivity contribution in [2.24, 2.45) is 0 Å². The Morgan fingerprint density at radius 3 is 3.05 bits per heavy atom. The summed E-state index contributed by atoms with van der Waals surface area (Å²) in [5.74, 6) is 1.93. The topological polar surface area (TPSA) is 59.5 Å². The molecule has 22 heavy (non-hydrogen) atoms. The van der Waals surface area contributed by atoms with Crippen molar-refractivity contribution < 1.29 is 9.21 Å². The van der Waals surface area contributed by atoms with E-state index in [1.165, 1.54) is 0 Å². The van der Waals surface area contributed by atoms with E-state index in [2.05, 4.69) is 14.7 Å². The van der Waals surface area contributed by atoms with Crippen LogP contribution < -0.4 is 5.32 Å². The minimum Gasteiger partial charge on any atom is -0.469 e. The molecular weight excluding hydrogens is 278 g/mol. The number of carbonyl (C=O) groups excluding carboxylic acids is 1. The highest BCUT2D eigenvalue weighted by atomic mass is 16.3. The van der Waals surface area contributed by atoms with Crippen LogP contribution in [0.3, 0.4) is 0 Å². The second-order valence-corrected chi connectivity index (χ2v) is 5.20. The lowest BCUT2D eigenvalue weighted by atomic mass is 10.2. The first kappa shape index (κ1) is 14.4. The van der Waals surface area contributed by atoms with Gasteiger partial charge >= 0.3 is 0 Å². The highest BCUT2D eigenvalue weighted by molar-refractivity contribution is 5.76. The predicted octanol–water partition coefficient (Wildman–Crippen LogP) is 2.61. The molecular formula is C17H19N3O2. The summed E-state index contributed by atoms with van der Waals surface area (Å²) in [6.07, 6.45) is 8.33. The van der Waals surface area contributed by atoms with Crippen molar-refractivity contribution in [2.45, 2.75) is 25.7 Å². The molecule has 0 saturated heterocycles. The SMILES string of the molecule is O=C(CCc1ccco1)NCCCc1ncc2ccccn12. The van der Waals surface area contributed by atoms with Gasteiger partial charge < -0.3 is 14.1 Å².